The number of carbonyl (C=O) groups is 1. The van der Waals surface area contributed by atoms with Gasteiger partial charge in [-0.3, -0.25) is 4.79 Å². The highest BCUT2D eigenvalue weighted by Crippen LogP contribution is 2.12. The average molecular weight is 435 g/mol. The molecule has 0 spiro atoms. The fourth-order valence-electron chi connectivity index (χ4n) is 2.92. The Bertz CT molecular complexity index is 513. The van der Waals surface area contributed by atoms with E-state index >= 15 is 0 Å². The first-order valence-electron chi connectivity index (χ1n) is 12.0. The molecular weight excluding hydrogens is 388 g/mol. The first-order chi connectivity index (χ1) is 15.2. The molecule has 1 atom stereocenters. The fraction of sp³-hybridized carbons (Fsp3) is 0.654. The van der Waals surface area contributed by atoms with Gasteiger partial charge in [0.25, 0.3) is 0 Å². The topological polar surface area (TPSA) is 87.6 Å². The van der Waals surface area contributed by atoms with Crippen LogP contribution < -0.4 is 11.5 Å². The lowest BCUT2D eigenvalue weighted by Gasteiger charge is -2.12. The van der Waals surface area contributed by atoms with Crippen LogP contribution in [0.15, 0.2) is 48.6 Å². The molecule has 0 aromatic carbocycles. The second-order valence-corrected chi connectivity index (χ2v) is 7.57. The number of hydrogen-bond acceptors (Lipinski definition) is 4. The highest BCUT2D eigenvalue weighted by atomic mass is 16.5. The van der Waals surface area contributed by atoms with Gasteiger partial charge in [-0.2, -0.15) is 0 Å². The van der Waals surface area contributed by atoms with Gasteiger partial charge in [0, 0.05) is 19.1 Å². The van der Waals surface area contributed by atoms with Crippen molar-refractivity contribution in [2.75, 3.05) is 33.0 Å². The molecule has 0 saturated heterocycles. The van der Waals surface area contributed by atoms with E-state index in [2.05, 4.69) is 55.5 Å². The molecule has 0 radical (unpaired) electrons. The minimum Gasteiger partial charge on any atom is -0.379 e. The summed E-state index contributed by atoms with van der Waals surface area (Å²) in [7, 11) is 0. The maximum absolute atomic E-state index is 11.6. The first kappa shape index (κ1) is 29.3. The zero-order valence-electron chi connectivity index (χ0n) is 19.7. The molecule has 0 aliphatic heterocycles. The summed E-state index contributed by atoms with van der Waals surface area (Å²) in [5.74, 6) is -0.394. The highest BCUT2D eigenvalue weighted by molar-refractivity contribution is 5.76. The van der Waals surface area contributed by atoms with E-state index in [4.69, 9.17) is 20.9 Å². The van der Waals surface area contributed by atoms with Crippen LogP contribution in [0.5, 0.6) is 0 Å². The molecule has 0 aromatic rings. The Morgan fingerprint density at radius 1 is 0.742 bits per heavy atom. The van der Waals surface area contributed by atoms with Crippen LogP contribution in [0, 0.1) is 5.92 Å². The standard InChI is InChI=1S/C26H46N2O3/c1-2-3-4-5-6-7-8-9-10-11-12-13-14-15-16-17-18-25(26(28)29)19-21-30-23-24-31-22-20-27/h6-7,9-10,12-13,15-16,25H,2-5,8,11,14,17-24,27H2,1H3,(H2,28,29). The van der Waals surface area contributed by atoms with Gasteiger partial charge in [-0.25, -0.2) is 0 Å². The number of rotatable bonds is 22. The average Bonchev–Trinajstić information content (AvgIpc) is 2.76. The zero-order chi connectivity index (χ0) is 22.8. The number of amides is 1. The Kier molecular flexibility index (Phi) is 23.2. The van der Waals surface area contributed by atoms with Crippen molar-refractivity contribution in [2.45, 2.75) is 71.1 Å². The second kappa shape index (κ2) is 24.6. The predicted octanol–water partition coefficient (Wildman–Crippen LogP) is 5.23. The summed E-state index contributed by atoms with van der Waals surface area (Å²) in [5.41, 5.74) is 10.8. The summed E-state index contributed by atoms with van der Waals surface area (Å²) in [6.07, 6.45) is 27.9. The van der Waals surface area contributed by atoms with Crippen LogP contribution in [0.2, 0.25) is 0 Å². The third kappa shape index (κ3) is 22.8. The largest absolute Gasteiger partial charge is 0.379 e. The zero-order valence-corrected chi connectivity index (χ0v) is 19.7. The Hall–Kier alpha value is -1.69. The van der Waals surface area contributed by atoms with Crippen LogP contribution in [-0.4, -0.2) is 38.9 Å². The Balaban J connectivity index is 3.71. The van der Waals surface area contributed by atoms with E-state index in [9.17, 15) is 4.79 Å². The minimum absolute atomic E-state index is 0.143. The van der Waals surface area contributed by atoms with Crippen molar-refractivity contribution >= 4 is 5.91 Å². The molecule has 4 N–H and O–H groups in total. The van der Waals surface area contributed by atoms with E-state index < -0.39 is 0 Å². The summed E-state index contributed by atoms with van der Waals surface area (Å²) >= 11 is 0. The summed E-state index contributed by atoms with van der Waals surface area (Å²) < 4.78 is 10.7. The van der Waals surface area contributed by atoms with Gasteiger partial charge in [0.05, 0.1) is 19.8 Å². The van der Waals surface area contributed by atoms with Gasteiger partial charge in [-0.05, 0) is 51.4 Å². The number of carbonyl (C=O) groups excluding carboxylic acids is 1. The summed E-state index contributed by atoms with van der Waals surface area (Å²) in [6, 6.07) is 0. The molecule has 0 aromatic heterocycles. The third-order valence-electron chi connectivity index (χ3n) is 4.79. The summed E-state index contributed by atoms with van der Waals surface area (Å²) in [5, 5.41) is 0. The van der Waals surface area contributed by atoms with E-state index in [1.165, 1.54) is 25.7 Å². The van der Waals surface area contributed by atoms with Crippen molar-refractivity contribution in [3.8, 4) is 0 Å². The lowest BCUT2D eigenvalue weighted by Crippen LogP contribution is -2.24. The van der Waals surface area contributed by atoms with Gasteiger partial charge >= 0.3 is 0 Å². The van der Waals surface area contributed by atoms with Crippen LogP contribution in [-0.2, 0) is 14.3 Å². The molecule has 0 bridgehead atoms. The molecule has 0 fully saturated rings. The monoisotopic (exact) mass is 434 g/mol. The number of primary amides is 1. The molecule has 178 valence electrons. The van der Waals surface area contributed by atoms with Crippen molar-refractivity contribution in [1.82, 2.24) is 0 Å². The maximum Gasteiger partial charge on any atom is 0.220 e. The maximum atomic E-state index is 11.6. The van der Waals surface area contributed by atoms with Gasteiger partial charge < -0.3 is 20.9 Å². The van der Waals surface area contributed by atoms with Gasteiger partial charge in [0.1, 0.15) is 0 Å². The number of nitrogens with two attached hydrogens (primary N) is 2. The minimum atomic E-state index is -0.251. The third-order valence-corrected chi connectivity index (χ3v) is 4.79. The fourth-order valence-corrected chi connectivity index (χ4v) is 2.92. The summed E-state index contributed by atoms with van der Waals surface area (Å²) in [6.45, 7) is 4.86. The van der Waals surface area contributed by atoms with E-state index in [0.717, 1.165) is 32.1 Å². The number of allylic oxidation sites excluding steroid dienone is 8. The Morgan fingerprint density at radius 3 is 1.84 bits per heavy atom. The number of hydrogen-bond donors (Lipinski definition) is 2. The van der Waals surface area contributed by atoms with Crippen molar-refractivity contribution < 1.29 is 14.3 Å². The summed E-state index contributed by atoms with van der Waals surface area (Å²) in [4.78, 5) is 11.6. The molecule has 5 nitrogen and oxygen atoms in total. The second-order valence-electron chi connectivity index (χ2n) is 7.57. The van der Waals surface area contributed by atoms with Crippen molar-refractivity contribution in [3.05, 3.63) is 48.6 Å². The van der Waals surface area contributed by atoms with E-state index in [1.54, 1.807) is 0 Å². The molecule has 5 heteroatoms. The van der Waals surface area contributed by atoms with Crippen molar-refractivity contribution in [3.63, 3.8) is 0 Å². The Morgan fingerprint density at radius 2 is 1.29 bits per heavy atom. The smallest absolute Gasteiger partial charge is 0.220 e. The van der Waals surface area contributed by atoms with Gasteiger partial charge in [-0.1, -0.05) is 68.4 Å². The van der Waals surface area contributed by atoms with Gasteiger partial charge in [0.15, 0.2) is 0 Å². The van der Waals surface area contributed by atoms with E-state index in [0.29, 0.717) is 39.4 Å². The number of unbranched alkanes of at least 4 members (excludes halogenated alkanes) is 3. The molecule has 0 saturated carbocycles. The van der Waals surface area contributed by atoms with Crippen LogP contribution >= 0.6 is 0 Å². The predicted molar refractivity (Wildman–Crippen MR) is 132 cm³/mol. The van der Waals surface area contributed by atoms with Crippen LogP contribution in [0.1, 0.15) is 71.1 Å². The highest BCUT2D eigenvalue weighted by Gasteiger charge is 2.13. The van der Waals surface area contributed by atoms with Crippen LogP contribution in [0.4, 0.5) is 0 Å². The van der Waals surface area contributed by atoms with Crippen LogP contribution in [0.3, 0.4) is 0 Å². The van der Waals surface area contributed by atoms with Crippen molar-refractivity contribution in [2.24, 2.45) is 17.4 Å². The first-order valence-corrected chi connectivity index (χ1v) is 12.0. The normalized spacial score (nSPS) is 13.4. The molecule has 1 unspecified atom stereocenters. The molecule has 0 rings (SSSR count). The lowest BCUT2D eigenvalue weighted by molar-refractivity contribution is -0.122. The van der Waals surface area contributed by atoms with E-state index in [1.807, 2.05) is 0 Å². The molecular formula is C26H46N2O3. The number of ether oxygens (including phenoxy) is 2. The quantitative estimate of drug-likeness (QED) is 0.180. The molecule has 0 aliphatic carbocycles. The van der Waals surface area contributed by atoms with Gasteiger partial charge in [-0.15, -0.1) is 0 Å². The van der Waals surface area contributed by atoms with E-state index in [-0.39, 0.29) is 11.8 Å². The van der Waals surface area contributed by atoms with Crippen LogP contribution in [0.25, 0.3) is 0 Å². The lowest BCUT2D eigenvalue weighted by atomic mass is 9.99. The molecule has 0 aliphatic rings. The molecule has 1 amide bonds. The van der Waals surface area contributed by atoms with Gasteiger partial charge in [0.2, 0.25) is 5.91 Å². The van der Waals surface area contributed by atoms with Crippen molar-refractivity contribution in [1.29, 1.82) is 0 Å². The Labute approximate surface area is 190 Å². The molecule has 31 heavy (non-hydrogen) atoms. The SMILES string of the molecule is CCCCCC=CCC=CCC=CCC=CCCC(CCOCCOCCN)C(N)=O. The molecule has 0 heterocycles.